The summed E-state index contributed by atoms with van der Waals surface area (Å²) in [6.45, 7) is 1.20. The molecule has 0 unspecified atom stereocenters. The molecule has 7 nitrogen and oxygen atoms in total. The van der Waals surface area contributed by atoms with E-state index in [0.717, 1.165) is 9.75 Å². The van der Waals surface area contributed by atoms with Crippen LogP contribution in [0.5, 0.6) is 0 Å². The van der Waals surface area contributed by atoms with Crippen LogP contribution in [0.1, 0.15) is 33.0 Å². The van der Waals surface area contributed by atoms with Gasteiger partial charge in [0.05, 0.1) is 6.42 Å². The lowest BCUT2D eigenvalue weighted by atomic mass is 10.1. The van der Waals surface area contributed by atoms with E-state index in [0.29, 0.717) is 5.56 Å². The molecule has 0 aliphatic rings. The summed E-state index contributed by atoms with van der Waals surface area (Å²) in [5, 5.41) is 3.00. The van der Waals surface area contributed by atoms with Crippen LogP contribution in [0.4, 0.5) is 18.0 Å². The molecule has 3 amide bonds. The predicted octanol–water partition coefficient (Wildman–Crippen LogP) is 2.26. The summed E-state index contributed by atoms with van der Waals surface area (Å²) in [6.07, 6.45) is -4.98. The zero-order chi connectivity index (χ0) is 19.9. The second-order valence-electron chi connectivity index (χ2n) is 5.26. The van der Waals surface area contributed by atoms with Gasteiger partial charge in [-0.1, -0.05) is 0 Å². The monoisotopic (exact) mass is 394 g/mol. The van der Waals surface area contributed by atoms with Gasteiger partial charge in [-0.05, 0) is 19.9 Å². The number of urea groups is 1. The maximum atomic E-state index is 12.0. The largest absolute Gasteiger partial charge is 0.456 e. The second-order valence-corrected chi connectivity index (χ2v) is 6.72. The summed E-state index contributed by atoms with van der Waals surface area (Å²) >= 11 is 1.46. The van der Waals surface area contributed by atoms with Gasteiger partial charge in [0.25, 0.3) is 5.91 Å². The van der Waals surface area contributed by atoms with E-state index in [4.69, 9.17) is 0 Å². The van der Waals surface area contributed by atoms with Gasteiger partial charge < -0.3 is 10.1 Å². The van der Waals surface area contributed by atoms with Crippen LogP contribution in [0.3, 0.4) is 0 Å². The molecule has 0 fully saturated rings. The van der Waals surface area contributed by atoms with Crippen molar-refractivity contribution in [2.24, 2.45) is 0 Å². The third-order valence-corrected chi connectivity index (χ3v) is 3.93. The molecule has 0 spiro atoms. The fourth-order valence-corrected chi connectivity index (χ4v) is 2.81. The molecule has 0 aromatic carbocycles. The van der Waals surface area contributed by atoms with Crippen LogP contribution in [0.2, 0.25) is 0 Å². The molecule has 1 aromatic heterocycles. The van der Waals surface area contributed by atoms with E-state index in [9.17, 15) is 32.3 Å². The number of esters is 1. The van der Waals surface area contributed by atoms with Gasteiger partial charge in [0.15, 0.2) is 12.4 Å². The van der Waals surface area contributed by atoms with Gasteiger partial charge >= 0.3 is 18.2 Å². The summed E-state index contributed by atoms with van der Waals surface area (Å²) in [7, 11) is 0. The standard InChI is InChI=1S/C15H17F3N2O5S/c1-8-5-10(9(2)26-8)11(21)3-4-13(23)25-6-12(22)20-14(24)19-7-15(16,17)18/h5H,3-4,6-7H2,1-2H3,(H2,19,20,22,24). The molecule has 1 aromatic rings. The highest BCUT2D eigenvalue weighted by atomic mass is 32.1. The first kappa shape index (κ1) is 21.6. The maximum Gasteiger partial charge on any atom is 0.405 e. The molecule has 26 heavy (non-hydrogen) atoms. The average molecular weight is 394 g/mol. The molecule has 2 N–H and O–H groups in total. The van der Waals surface area contributed by atoms with E-state index in [1.165, 1.54) is 16.7 Å². The van der Waals surface area contributed by atoms with E-state index in [1.54, 1.807) is 18.3 Å². The Kier molecular flexibility index (Phi) is 7.75. The lowest BCUT2D eigenvalue weighted by Crippen LogP contribution is -2.44. The summed E-state index contributed by atoms with van der Waals surface area (Å²) in [6, 6.07) is 0.363. The van der Waals surface area contributed by atoms with Crippen molar-refractivity contribution in [2.75, 3.05) is 13.2 Å². The van der Waals surface area contributed by atoms with Crippen LogP contribution in [0.15, 0.2) is 6.07 Å². The van der Waals surface area contributed by atoms with Crippen LogP contribution in [0, 0.1) is 13.8 Å². The molecule has 0 aliphatic carbocycles. The van der Waals surface area contributed by atoms with Gasteiger partial charge in [0, 0.05) is 21.7 Å². The average Bonchev–Trinajstić information content (AvgIpc) is 2.86. The minimum Gasteiger partial charge on any atom is -0.456 e. The van der Waals surface area contributed by atoms with Gasteiger partial charge in [0.2, 0.25) is 0 Å². The van der Waals surface area contributed by atoms with Crippen molar-refractivity contribution in [3.63, 3.8) is 0 Å². The Morgan fingerprint density at radius 3 is 2.35 bits per heavy atom. The van der Waals surface area contributed by atoms with Crippen molar-refractivity contribution in [3.05, 3.63) is 21.4 Å². The molecule has 11 heteroatoms. The fraction of sp³-hybridized carbons (Fsp3) is 0.467. The van der Waals surface area contributed by atoms with Crippen molar-refractivity contribution >= 4 is 35.0 Å². The van der Waals surface area contributed by atoms with Crippen LogP contribution < -0.4 is 10.6 Å². The van der Waals surface area contributed by atoms with E-state index in [2.05, 4.69) is 4.74 Å². The van der Waals surface area contributed by atoms with E-state index < -0.39 is 37.2 Å². The number of amides is 3. The number of ether oxygens (including phenoxy) is 1. The zero-order valence-electron chi connectivity index (χ0n) is 14.0. The molecule has 0 bridgehead atoms. The van der Waals surface area contributed by atoms with Crippen molar-refractivity contribution in [1.82, 2.24) is 10.6 Å². The number of Topliss-reactive ketones (excluding diaryl/α,β-unsaturated/α-hetero) is 1. The third kappa shape index (κ3) is 8.10. The Balaban J connectivity index is 2.29. The number of halogens is 3. The van der Waals surface area contributed by atoms with E-state index >= 15 is 0 Å². The molecule has 0 aliphatic heterocycles. The molecular formula is C15H17F3N2O5S. The third-order valence-electron chi connectivity index (χ3n) is 2.96. The first-order valence-electron chi connectivity index (χ1n) is 7.38. The van der Waals surface area contributed by atoms with E-state index in [-0.39, 0.29) is 18.6 Å². The molecule has 0 saturated heterocycles. The Morgan fingerprint density at radius 1 is 1.15 bits per heavy atom. The quantitative estimate of drug-likeness (QED) is 0.546. The Morgan fingerprint density at radius 2 is 1.81 bits per heavy atom. The van der Waals surface area contributed by atoms with Crippen LogP contribution >= 0.6 is 11.3 Å². The molecular weight excluding hydrogens is 377 g/mol. The number of hydrogen-bond acceptors (Lipinski definition) is 6. The SMILES string of the molecule is Cc1cc(C(=O)CCC(=O)OCC(=O)NC(=O)NCC(F)(F)F)c(C)s1. The smallest absolute Gasteiger partial charge is 0.405 e. The highest BCUT2D eigenvalue weighted by Crippen LogP contribution is 2.22. The molecule has 1 heterocycles. The van der Waals surface area contributed by atoms with Crippen LogP contribution in [-0.4, -0.2) is 43.0 Å². The van der Waals surface area contributed by atoms with Crippen molar-refractivity contribution in [1.29, 1.82) is 0 Å². The Labute approximate surface area is 150 Å². The molecule has 1 rings (SSSR count). The fourth-order valence-electron chi connectivity index (χ4n) is 1.86. The first-order valence-corrected chi connectivity index (χ1v) is 8.20. The molecule has 144 valence electrons. The van der Waals surface area contributed by atoms with E-state index in [1.807, 2.05) is 6.92 Å². The summed E-state index contributed by atoms with van der Waals surface area (Å²) in [4.78, 5) is 47.6. The first-order chi connectivity index (χ1) is 12.0. The lowest BCUT2D eigenvalue weighted by Gasteiger charge is -2.09. The predicted molar refractivity (Wildman–Crippen MR) is 85.9 cm³/mol. The number of imide groups is 1. The number of ketones is 1. The molecule has 0 atom stereocenters. The molecule has 0 saturated carbocycles. The number of thiophene rings is 1. The Bertz CT molecular complexity index is 700. The van der Waals surface area contributed by atoms with Crippen molar-refractivity contribution < 1.29 is 37.1 Å². The number of nitrogens with one attached hydrogen (secondary N) is 2. The number of rotatable bonds is 7. The lowest BCUT2D eigenvalue weighted by molar-refractivity contribution is -0.148. The molecule has 0 radical (unpaired) electrons. The number of alkyl halides is 3. The second kappa shape index (κ2) is 9.32. The maximum absolute atomic E-state index is 12.0. The number of aryl methyl sites for hydroxylation is 2. The van der Waals surface area contributed by atoms with Crippen molar-refractivity contribution in [2.45, 2.75) is 32.9 Å². The minimum atomic E-state index is -4.61. The number of carbonyl (C=O) groups is 4. The zero-order valence-corrected chi connectivity index (χ0v) is 14.8. The van der Waals surface area contributed by atoms with Gasteiger partial charge in [-0.25, -0.2) is 4.79 Å². The van der Waals surface area contributed by atoms with Crippen LogP contribution in [0.25, 0.3) is 0 Å². The number of carbonyl (C=O) groups excluding carboxylic acids is 4. The highest BCUT2D eigenvalue weighted by molar-refractivity contribution is 7.12. The van der Waals surface area contributed by atoms with Gasteiger partial charge in [-0.15, -0.1) is 11.3 Å². The highest BCUT2D eigenvalue weighted by Gasteiger charge is 2.28. The Hall–Kier alpha value is -2.43. The number of hydrogen-bond donors (Lipinski definition) is 2. The van der Waals surface area contributed by atoms with Gasteiger partial charge in [-0.3, -0.25) is 19.7 Å². The van der Waals surface area contributed by atoms with Crippen LogP contribution in [-0.2, 0) is 14.3 Å². The summed E-state index contributed by atoms with van der Waals surface area (Å²) < 4.78 is 40.2. The van der Waals surface area contributed by atoms with Gasteiger partial charge in [0.1, 0.15) is 6.54 Å². The summed E-state index contributed by atoms with van der Waals surface area (Å²) in [5.41, 5.74) is 0.527. The van der Waals surface area contributed by atoms with Crippen molar-refractivity contribution in [3.8, 4) is 0 Å². The normalized spacial score (nSPS) is 11.0. The van der Waals surface area contributed by atoms with Gasteiger partial charge in [-0.2, -0.15) is 13.2 Å². The topological polar surface area (TPSA) is 102 Å². The minimum absolute atomic E-state index is 0.108. The summed E-state index contributed by atoms with van der Waals surface area (Å²) in [5.74, 6) is -2.16.